The Morgan fingerprint density at radius 1 is 1.02 bits per heavy atom. The maximum Gasteiger partial charge on any atom is 0.338 e. The van der Waals surface area contributed by atoms with Crippen molar-refractivity contribution in [2.24, 2.45) is 4.99 Å². The van der Waals surface area contributed by atoms with Gasteiger partial charge in [-0.1, -0.05) is 57.1 Å². The quantitative estimate of drug-likeness (QED) is 0.191. The van der Waals surface area contributed by atoms with E-state index in [4.69, 9.17) is 35.3 Å². The maximum atomic E-state index is 14.1. The summed E-state index contributed by atoms with van der Waals surface area (Å²) in [4.78, 5) is 32.5. The van der Waals surface area contributed by atoms with Crippen molar-refractivity contribution in [3.8, 4) is 23.0 Å². The highest BCUT2D eigenvalue weighted by atomic mass is 79.9. The van der Waals surface area contributed by atoms with Crippen molar-refractivity contribution in [1.82, 2.24) is 4.57 Å². The fraction of sp³-hybridized carbons (Fsp3) is 0.242. The van der Waals surface area contributed by atoms with Crippen LogP contribution in [0.15, 0.2) is 80.1 Å². The van der Waals surface area contributed by atoms with Crippen LogP contribution in [-0.2, 0) is 16.1 Å². The van der Waals surface area contributed by atoms with Crippen molar-refractivity contribution in [1.29, 1.82) is 0 Å². The first-order valence-corrected chi connectivity index (χ1v) is 15.8. The molecule has 5 rings (SSSR count). The minimum Gasteiger partial charge on any atom is -0.493 e. The summed E-state index contributed by atoms with van der Waals surface area (Å²) in [5.74, 6) is 1.43. The summed E-state index contributed by atoms with van der Waals surface area (Å²) in [6.45, 7) is 3.94. The molecule has 0 bridgehead atoms. The molecule has 0 N–H and O–H groups in total. The molecule has 1 atom stereocenters. The molecular weight excluding hydrogens is 684 g/mol. The number of hydrogen-bond acceptors (Lipinski definition) is 9. The Hall–Kier alpha value is -4.06. The summed E-state index contributed by atoms with van der Waals surface area (Å²) in [6, 6.07) is 15.5. The lowest BCUT2D eigenvalue weighted by atomic mass is 9.95. The molecule has 3 aromatic carbocycles. The molecule has 12 heteroatoms. The third-order valence-corrected chi connectivity index (χ3v) is 8.99. The molecule has 0 saturated heterocycles. The Morgan fingerprint density at radius 3 is 2.42 bits per heavy atom. The summed E-state index contributed by atoms with van der Waals surface area (Å²) < 4.78 is 30.6. The molecule has 1 aliphatic rings. The first-order valence-electron chi connectivity index (χ1n) is 13.8. The van der Waals surface area contributed by atoms with E-state index in [1.165, 1.54) is 30.1 Å². The number of fused-ring (bicyclic) bond motifs is 1. The molecule has 2 heterocycles. The number of aromatic nitrogens is 1. The first-order chi connectivity index (χ1) is 21.7. The van der Waals surface area contributed by atoms with Crippen LogP contribution in [0.5, 0.6) is 23.0 Å². The topological polar surface area (TPSA) is 97.6 Å². The lowest BCUT2D eigenvalue weighted by Gasteiger charge is -2.26. The SMILES string of the molecule is CCOC(=O)C1=C(C)N=c2s/c(=C\c3ccc(OCc4cccc(Cl)c4)c(OC)c3)c(=O)n2[C@@H]1c1cc(OC)c(OC)cc1Br. The predicted molar refractivity (Wildman–Crippen MR) is 176 cm³/mol. The number of esters is 1. The number of methoxy groups -OCH3 is 3. The number of allylic oxidation sites excluding steroid dienone is 1. The van der Waals surface area contributed by atoms with Gasteiger partial charge in [0.25, 0.3) is 5.56 Å². The van der Waals surface area contributed by atoms with Gasteiger partial charge in [0.1, 0.15) is 6.61 Å². The molecule has 45 heavy (non-hydrogen) atoms. The molecule has 0 saturated carbocycles. The Bertz CT molecular complexity index is 1990. The standard InChI is InChI=1S/C33H30BrClN2O7S/c1-6-43-32(39)29-18(2)36-33-37(30(29)22-15-26(41-4)27(42-5)16-23(22)34)31(38)28(45-33)14-19-10-11-24(25(13-19)40-3)44-17-20-8-7-9-21(35)12-20/h7-16,30H,6,17H2,1-5H3/b28-14-/t30-/m1/s1. The van der Waals surface area contributed by atoms with Gasteiger partial charge in [-0.3, -0.25) is 9.36 Å². The molecule has 4 aromatic rings. The second-order valence-corrected chi connectivity index (χ2v) is 12.2. The zero-order chi connectivity index (χ0) is 32.2. The van der Waals surface area contributed by atoms with Crippen LogP contribution < -0.4 is 33.8 Å². The normalized spacial score (nSPS) is 14.5. The van der Waals surface area contributed by atoms with Crippen LogP contribution in [0.1, 0.15) is 36.6 Å². The van der Waals surface area contributed by atoms with Crippen LogP contribution >= 0.6 is 38.9 Å². The van der Waals surface area contributed by atoms with Crippen molar-refractivity contribution >= 4 is 50.9 Å². The molecular formula is C33H30BrClN2O7S. The highest BCUT2D eigenvalue weighted by molar-refractivity contribution is 9.10. The van der Waals surface area contributed by atoms with E-state index < -0.39 is 12.0 Å². The minimum atomic E-state index is -0.839. The Balaban J connectivity index is 1.60. The lowest BCUT2D eigenvalue weighted by Crippen LogP contribution is -2.40. The number of carbonyl (C=O) groups is 1. The first kappa shape index (κ1) is 32.3. The van der Waals surface area contributed by atoms with E-state index in [0.717, 1.165) is 11.1 Å². The number of thiazole rings is 1. The van der Waals surface area contributed by atoms with Gasteiger partial charge < -0.3 is 23.7 Å². The number of rotatable bonds is 10. The number of hydrogen-bond donors (Lipinski definition) is 0. The summed E-state index contributed by atoms with van der Waals surface area (Å²) in [7, 11) is 4.62. The van der Waals surface area contributed by atoms with Gasteiger partial charge in [0.2, 0.25) is 0 Å². The summed E-state index contributed by atoms with van der Waals surface area (Å²) in [5, 5.41) is 0.630. The van der Waals surface area contributed by atoms with Crippen LogP contribution in [-0.4, -0.2) is 38.5 Å². The molecule has 1 aliphatic heterocycles. The molecule has 0 fully saturated rings. The third-order valence-electron chi connectivity index (χ3n) is 7.08. The van der Waals surface area contributed by atoms with Gasteiger partial charge in [-0.05, 0) is 73.0 Å². The molecule has 0 amide bonds. The van der Waals surface area contributed by atoms with Crippen LogP contribution in [0.2, 0.25) is 5.02 Å². The molecule has 0 unspecified atom stereocenters. The van der Waals surface area contributed by atoms with Gasteiger partial charge in [0.05, 0.1) is 49.8 Å². The molecule has 0 aliphatic carbocycles. The summed E-state index contributed by atoms with van der Waals surface area (Å²) >= 11 is 10.9. The second kappa shape index (κ2) is 13.9. The number of ether oxygens (including phenoxy) is 5. The monoisotopic (exact) mass is 712 g/mol. The molecule has 9 nitrogen and oxygen atoms in total. The minimum absolute atomic E-state index is 0.167. The number of benzene rings is 3. The highest BCUT2D eigenvalue weighted by Crippen LogP contribution is 2.41. The average molecular weight is 714 g/mol. The van der Waals surface area contributed by atoms with Gasteiger partial charge in [-0.25, -0.2) is 9.79 Å². The third kappa shape index (κ3) is 6.66. The van der Waals surface area contributed by atoms with Crippen LogP contribution in [0.4, 0.5) is 0 Å². The van der Waals surface area contributed by atoms with E-state index in [2.05, 4.69) is 20.9 Å². The van der Waals surface area contributed by atoms with Crippen molar-refractivity contribution < 1.29 is 28.5 Å². The number of halogens is 2. The molecule has 0 radical (unpaired) electrons. The van der Waals surface area contributed by atoms with Crippen molar-refractivity contribution in [2.75, 3.05) is 27.9 Å². The Kier molecular flexibility index (Phi) is 10.0. The largest absolute Gasteiger partial charge is 0.493 e. The van der Waals surface area contributed by atoms with Crippen LogP contribution in [0, 0.1) is 0 Å². The Labute approximate surface area is 277 Å². The van der Waals surface area contributed by atoms with Crippen LogP contribution in [0.3, 0.4) is 0 Å². The van der Waals surface area contributed by atoms with Crippen molar-refractivity contribution in [2.45, 2.75) is 26.5 Å². The highest BCUT2D eigenvalue weighted by Gasteiger charge is 2.35. The fourth-order valence-corrected chi connectivity index (χ4v) is 6.80. The second-order valence-electron chi connectivity index (χ2n) is 9.86. The average Bonchev–Trinajstić information content (AvgIpc) is 3.33. The van der Waals surface area contributed by atoms with Crippen molar-refractivity contribution in [3.05, 3.63) is 112 Å². The van der Waals surface area contributed by atoms with Crippen molar-refractivity contribution in [3.63, 3.8) is 0 Å². The zero-order valence-electron chi connectivity index (χ0n) is 25.2. The summed E-state index contributed by atoms with van der Waals surface area (Å²) in [5.41, 5.74) is 2.64. The number of nitrogens with zero attached hydrogens (tertiary/aromatic N) is 2. The van der Waals surface area contributed by atoms with E-state index in [1.807, 2.05) is 24.3 Å². The van der Waals surface area contributed by atoms with E-state index in [1.54, 1.807) is 57.4 Å². The van der Waals surface area contributed by atoms with E-state index in [0.29, 0.717) is 59.7 Å². The molecule has 0 spiro atoms. The molecule has 234 valence electrons. The van der Waals surface area contributed by atoms with Gasteiger partial charge in [-0.2, -0.15) is 0 Å². The van der Waals surface area contributed by atoms with Gasteiger partial charge in [0, 0.05) is 9.50 Å². The smallest absolute Gasteiger partial charge is 0.338 e. The predicted octanol–water partition coefficient (Wildman–Crippen LogP) is 5.82. The van der Waals surface area contributed by atoms with Crippen LogP contribution in [0.25, 0.3) is 6.08 Å². The fourth-order valence-electron chi connectivity index (χ4n) is 5.00. The van der Waals surface area contributed by atoms with E-state index in [-0.39, 0.29) is 17.7 Å². The summed E-state index contributed by atoms with van der Waals surface area (Å²) in [6.07, 6.45) is 1.76. The molecule has 1 aromatic heterocycles. The lowest BCUT2D eigenvalue weighted by molar-refractivity contribution is -0.139. The van der Waals surface area contributed by atoms with E-state index >= 15 is 0 Å². The number of carbonyl (C=O) groups excluding carboxylic acids is 1. The van der Waals surface area contributed by atoms with Gasteiger partial charge in [-0.15, -0.1) is 0 Å². The zero-order valence-corrected chi connectivity index (χ0v) is 28.3. The Morgan fingerprint density at radius 2 is 1.73 bits per heavy atom. The van der Waals surface area contributed by atoms with E-state index in [9.17, 15) is 9.59 Å². The van der Waals surface area contributed by atoms with Gasteiger partial charge >= 0.3 is 5.97 Å². The maximum absolute atomic E-state index is 14.1. The van der Waals surface area contributed by atoms with Gasteiger partial charge in [0.15, 0.2) is 27.8 Å².